The van der Waals surface area contributed by atoms with Crippen LogP contribution in [0, 0.1) is 0 Å². The first-order valence-electron chi connectivity index (χ1n) is 5.27. The topological polar surface area (TPSA) is 44.8 Å². The van der Waals surface area contributed by atoms with Crippen LogP contribution >= 0.6 is 0 Å². The van der Waals surface area contributed by atoms with Gasteiger partial charge in [-0.2, -0.15) is 0 Å². The molecule has 92 valence electrons. The average molecular weight is 236 g/mol. The molecule has 0 saturated heterocycles. The molecule has 0 aliphatic heterocycles. The Morgan fingerprint density at radius 3 is 2.59 bits per heavy atom. The van der Waals surface area contributed by atoms with Crippen LogP contribution in [-0.2, 0) is 9.47 Å². The van der Waals surface area contributed by atoms with Crippen molar-refractivity contribution < 1.29 is 19.0 Å². The number of carbonyl (C=O) groups is 1. The molecule has 4 nitrogen and oxygen atoms in total. The lowest BCUT2D eigenvalue weighted by molar-refractivity contribution is 0.0388. The van der Waals surface area contributed by atoms with Crippen LogP contribution in [0.15, 0.2) is 36.9 Å². The Hall–Kier alpha value is -1.81. The summed E-state index contributed by atoms with van der Waals surface area (Å²) in [6.45, 7) is 4.64. The van der Waals surface area contributed by atoms with Crippen molar-refractivity contribution in [2.45, 2.75) is 0 Å². The second kappa shape index (κ2) is 7.46. The first-order valence-corrected chi connectivity index (χ1v) is 5.27. The average Bonchev–Trinajstić information content (AvgIpc) is 2.37. The molecule has 1 aromatic carbocycles. The van der Waals surface area contributed by atoms with Crippen molar-refractivity contribution in [1.29, 1.82) is 0 Å². The molecule has 0 aromatic heterocycles. The summed E-state index contributed by atoms with van der Waals surface area (Å²) in [6, 6.07) is 6.76. The Morgan fingerprint density at radius 2 is 2.00 bits per heavy atom. The highest BCUT2D eigenvalue weighted by Gasteiger charge is 2.06. The highest BCUT2D eigenvalue weighted by atomic mass is 16.6. The molecule has 17 heavy (non-hydrogen) atoms. The van der Waals surface area contributed by atoms with Gasteiger partial charge in [0.2, 0.25) is 0 Å². The minimum atomic E-state index is -0.364. The third-order valence-electron chi connectivity index (χ3n) is 1.98. The van der Waals surface area contributed by atoms with E-state index in [9.17, 15) is 4.79 Å². The zero-order valence-corrected chi connectivity index (χ0v) is 9.85. The Labute approximate surface area is 101 Å². The Bertz CT molecular complexity index is 356. The summed E-state index contributed by atoms with van der Waals surface area (Å²) in [5.74, 6) is 0.329. The molecule has 4 heteroatoms. The van der Waals surface area contributed by atoms with E-state index in [1.807, 2.05) is 0 Å². The van der Waals surface area contributed by atoms with E-state index in [0.29, 0.717) is 24.5 Å². The molecular formula is C13H16O4. The molecule has 1 rings (SSSR count). The van der Waals surface area contributed by atoms with Gasteiger partial charge in [-0.3, -0.25) is 0 Å². The fraction of sp³-hybridized carbons (Fsp3) is 0.308. The van der Waals surface area contributed by atoms with E-state index in [2.05, 4.69) is 6.58 Å². The van der Waals surface area contributed by atoms with Crippen LogP contribution in [0.4, 0.5) is 0 Å². The van der Waals surface area contributed by atoms with Crippen LogP contribution in [0.5, 0.6) is 5.75 Å². The number of ether oxygens (including phenoxy) is 3. The zero-order valence-electron chi connectivity index (χ0n) is 9.85. The van der Waals surface area contributed by atoms with Gasteiger partial charge in [0.15, 0.2) is 0 Å². The predicted octanol–water partition coefficient (Wildman–Crippen LogP) is 2.05. The van der Waals surface area contributed by atoms with Crippen LogP contribution in [-0.4, -0.2) is 32.9 Å². The van der Waals surface area contributed by atoms with Gasteiger partial charge in [0.25, 0.3) is 0 Å². The summed E-state index contributed by atoms with van der Waals surface area (Å²) in [5, 5.41) is 0. The Kier molecular flexibility index (Phi) is 5.82. The minimum Gasteiger partial charge on any atom is -0.490 e. The van der Waals surface area contributed by atoms with Gasteiger partial charge in [-0.1, -0.05) is 12.7 Å². The third kappa shape index (κ3) is 4.70. The van der Waals surface area contributed by atoms with Gasteiger partial charge in [0.1, 0.15) is 19.0 Å². The SMILES string of the molecule is C=CCOc1ccc(C(=O)OCCOC)cc1. The highest BCUT2D eigenvalue weighted by Crippen LogP contribution is 2.12. The molecule has 0 heterocycles. The van der Waals surface area contributed by atoms with Crippen molar-refractivity contribution in [1.82, 2.24) is 0 Å². The smallest absolute Gasteiger partial charge is 0.338 e. The van der Waals surface area contributed by atoms with E-state index in [4.69, 9.17) is 14.2 Å². The van der Waals surface area contributed by atoms with E-state index < -0.39 is 0 Å². The van der Waals surface area contributed by atoms with Crippen LogP contribution < -0.4 is 4.74 Å². The lowest BCUT2D eigenvalue weighted by atomic mass is 10.2. The van der Waals surface area contributed by atoms with Gasteiger partial charge in [-0.05, 0) is 24.3 Å². The van der Waals surface area contributed by atoms with Gasteiger partial charge in [-0.15, -0.1) is 0 Å². The van der Waals surface area contributed by atoms with E-state index in [-0.39, 0.29) is 12.6 Å². The summed E-state index contributed by atoms with van der Waals surface area (Å²) in [7, 11) is 1.56. The second-order valence-corrected chi connectivity index (χ2v) is 3.25. The molecular weight excluding hydrogens is 220 g/mol. The Morgan fingerprint density at radius 1 is 1.29 bits per heavy atom. The first-order chi connectivity index (χ1) is 8.27. The fourth-order valence-electron chi connectivity index (χ4n) is 1.14. The van der Waals surface area contributed by atoms with E-state index in [1.165, 1.54) is 0 Å². The van der Waals surface area contributed by atoms with Crippen molar-refractivity contribution in [3.8, 4) is 5.75 Å². The first kappa shape index (κ1) is 13.3. The molecule has 0 bridgehead atoms. The van der Waals surface area contributed by atoms with E-state index in [1.54, 1.807) is 37.5 Å². The van der Waals surface area contributed by atoms with Crippen molar-refractivity contribution >= 4 is 5.97 Å². The van der Waals surface area contributed by atoms with Crippen molar-refractivity contribution in [3.05, 3.63) is 42.5 Å². The summed E-state index contributed by atoms with van der Waals surface area (Å²) in [5.41, 5.74) is 0.493. The maximum atomic E-state index is 11.5. The van der Waals surface area contributed by atoms with Crippen LogP contribution in [0.25, 0.3) is 0 Å². The number of esters is 1. The number of benzene rings is 1. The molecule has 0 saturated carbocycles. The van der Waals surface area contributed by atoms with Crippen LogP contribution in [0.2, 0.25) is 0 Å². The van der Waals surface area contributed by atoms with Crippen molar-refractivity contribution in [2.24, 2.45) is 0 Å². The van der Waals surface area contributed by atoms with E-state index in [0.717, 1.165) is 0 Å². The van der Waals surface area contributed by atoms with Crippen LogP contribution in [0.3, 0.4) is 0 Å². The molecule has 0 spiro atoms. The van der Waals surface area contributed by atoms with Crippen LogP contribution in [0.1, 0.15) is 10.4 Å². The largest absolute Gasteiger partial charge is 0.490 e. The number of hydrogen-bond donors (Lipinski definition) is 0. The molecule has 1 aromatic rings. The fourth-order valence-corrected chi connectivity index (χ4v) is 1.14. The molecule has 0 fully saturated rings. The third-order valence-corrected chi connectivity index (χ3v) is 1.98. The molecule has 0 N–H and O–H groups in total. The van der Waals surface area contributed by atoms with Crippen molar-refractivity contribution in [2.75, 3.05) is 26.9 Å². The van der Waals surface area contributed by atoms with Gasteiger partial charge in [0, 0.05) is 7.11 Å². The zero-order chi connectivity index (χ0) is 12.5. The quantitative estimate of drug-likeness (QED) is 0.413. The Balaban J connectivity index is 2.48. The van der Waals surface area contributed by atoms with Gasteiger partial charge < -0.3 is 14.2 Å². The second-order valence-electron chi connectivity index (χ2n) is 3.25. The molecule has 0 aliphatic carbocycles. The number of methoxy groups -OCH3 is 1. The summed E-state index contributed by atoms with van der Waals surface area (Å²) < 4.78 is 15.1. The van der Waals surface area contributed by atoms with Gasteiger partial charge >= 0.3 is 5.97 Å². The standard InChI is InChI=1S/C13H16O4/c1-3-8-16-12-6-4-11(5-7-12)13(14)17-10-9-15-2/h3-7H,1,8-10H2,2H3. The lowest BCUT2D eigenvalue weighted by Crippen LogP contribution is -2.09. The summed E-state index contributed by atoms with van der Waals surface area (Å²) in [6.07, 6.45) is 1.66. The molecule has 0 atom stereocenters. The van der Waals surface area contributed by atoms with E-state index >= 15 is 0 Å². The lowest BCUT2D eigenvalue weighted by Gasteiger charge is -2.05. The normalized spacial score (nSPS) is 9.71. The maximum absolute atomic E-state index is 11.5. The monoisotopic (exact) mass is 236 g/mol. The number of hydrogen-bond acceptors (Lipinski definition) is 4. The minimum absolute atomic E-state index is 0.254. The molecule has 0 amide bonds. The number of carbonyl (C=O) groups excluding carboxylic acids is 1. The van der Waals surface area contributed by atoms with Gasteiger partial charge in [0.05, 0.1) is 12.2 Å². The highest BCUT2D eigenvalue weighted by molar-refractivity contribution is 5.89. The number of rotatable bonds is 7. The summed E-state index contributed by atoms with van der Waals surface area (Å²) in [4.78, 5) is 11.5. The maximum Gasteiger partial charge on any atom is 0.338 e. The predicted molar refractivity (Wildman–Crippen MR) is 64.3 cm³/mol. The summed E-state index contributed by atoms with van der Waals surface area (Å²) >= 11 is 0. The van der Waals surface area contributed by atoms with Gasteiger partial charge in [-0.25, -0.2) is 4.79 Å². The van der Waals surface area contributed by atoms with Crippen molar-refractivity contribution in [3.63, 3.8) is 0 Å². The molecule has 0 unspecified atom stereocenters. The molecule has 0 radical (unpaired) electrons. The molecule has 0 aliphatic rings.